The highest BCUT2D eigenvalue weighted by Crippen LogP contribution is 2.17. The van der Waals surface area contributed by atoms with E-state index >= 15 is 0 Å². The van der Waals surface area contributed by atoms with Crippen molar-refractivity contribution >= 4 is 36.0 Å². The van der Waals surface area contributed by atoms with Crippen LogP contribution in [0.1, 0.15) is 18.7 Å². The zero-order valence-corrected chi connectivity index (χ0v) is 18.3. The minimum absolute atomic E-state index is 0. The van der Waals surface area contributed by atoms with Gasteiger partial charge in [0.2, 0.25) is 0 Å². The lowest BCUT2D eigenvalue weighted by molar-refractivity contribution is 0.0913. The lowest BCUT2D eigenvalue weighted by Crippen LogP contribution is -2.54. The summed E-state index contributed by atoms with van der Waals surface area (Å²) in [5.74, 6) is 1.75. The zero-order chi connectivity index (χ0) is 18.2. The summed E-state index contributed by atoms with van der Waals surface area (Å²) >= 11 is 0. The number of hydrogen-bond donors (Lipinski definition) is 1. The number of hydrogen-bond acceptors (Lipinski definition) is 5. The molecule has 148 valence electrons. The lowest BCUT2D eigenvalue weighted by Gasteiger charge is -2.36. The first-order chi connectivity index (χ1) is 12.1. The van der Waals surface area contributed by atoms with Crippen LogP contribution in [0.5, 0.6) is 0 Å². The van der Waals surface area contributed by atoms with Crippen LogP contribution in [0.3, 0.4) is 0 Å². The maximum atomic E-state index is 11.8. The fourth-order valence-corrected chi connectivity index (χ4v) is 2.85. The fourth-order valence-electron chi connectivity index (χ4n) is 2.85. The normalized spacial score (nSPS) is 16.3. The largest absolute Gasteiger partial charge is 0.468 e. The van der Waals surface area contributed by atoms with Gasteiger partial charge in [-0.3, -0.25) is 9.89 Å². The SMILES string of the molecule is CCOC(=O)N1CCN(C(=NC)NCC(c2ccco2)N(C)C)CC1.I. The maximum absolute atomic E-state index is 11.8. The molecule has 9 heteroatoms. The van der Waals surface area contributed by atoms with Gasteiger partial charge in [-0.2, -0.15) is 0 Å². The van der Waals surface area contributed by atoms with Gasteiger partial charge in [0.15, 0.2) is 5.96 Å². The van der Waals surface area contributed by atoms with Crippen molar-refractivity contribution in [2.45, 2.75) is 13.0 Å². The number of amides is 1. The van der Waals surface area contributed by atoms with Crippen LogP contribution in [0, 0.1) is 0 Å². The molecular formula is C17H30IN5O3. The first-order valence-electron chi connectivity index (χ1n) is 8.64. The van der Waals surface area contributed by atoms with Crippen molar-refractivity contribution in [3.05, 3.63) is 24.2 Å². The van der Waals surface area contributed by atoms with Gasteiger partial charge in [0.05, 0.1) is 18.9 Å². The summed E-state index contributed by atoms with van der Waals surface area (Å²) in [6.45, 7) is 5.63. The van der Waals surface area contributed by atoms with Gasteiger partial charge in [-0.15, -0.1) is 24.0 Å². The van der Waals surface area contributed by atoms with Gasteiger partial charge in [-0.1, -0.05) is 0 Å². The van der Waals surface area contributed by atoms with Crippen molar-refractivity contribution in [1.29, 1.82) is 0 Å². The highest BCUT2D eigenvalue weighted by atomic mass is 127. The molecule has 1 amide bonds. The Morgan fingerprint density at radius 1 is 1.35 bits per heavy atom. The summed E-state index contributed by atoms with van der Waals surface area (Å²) in [6.07, 6.45) is 1.45. The first kappa shape index (κ1) is 22.6. The van der Waals surface area contributed by atoms with Crippen LogP contribution in [-0.4, -0.2) is 87.2 Å². The summed E-state index contributed by atoms with van der Waals surface area (Å²) < 4.78 is 10.6. The van der Waals surface area contributed by atoms with E-state index in [2.05, 4.69) is 20.1 Å². The molecule has 0 bridgehead atoms. The molecule has 1 aromatic rings. The Kier molecular flexibility index (Phi) is 9.78. The average Bonchev–Trinajstić information content (AvgIpc) is 3.13. The molecule has 1 N–H and O–H groups in total. The molecule has 26 heavy (non-hydrogen) atoms. The van der Waals surface area contributed by atoms with Gasteiger partial charge in [0, 0.05) is 39.8 Å². The van der Waals surface area contributed by atoms with Crippen molar-refractivity contribution in [2.24, 2.45) is 4.99 Å². The van der Waals surface area contributed by atoms with Crippen molar-refractivity contribution in [1.82, 2.24) is 20.0 Å². The highest BCUT2D eigenvalue weighted by molar-refractivity contribution is 14.0. The molecule has 0 aliphatic carbocycles. The Hall–Kier alpha value is -1.49. The molecule has 2 rings (SSSR count). The monoisotopic (exact) mass is 479 g/mol. The van der Waals surface area contributed by atoms with Crippen molar-refractivity contribution in [2.75, 3.05) is 60.5 Å². The van der Waals surface area contributed by atoms with E-state index < -0.39 is 0 Å². The van der Waals surface area contributed by atoms with Crippen LogP contribution >= 0.6 is 24.0 Å². The molecule has 1 unspecified atom stereocenters. The average molecular weight is 479 g/mol. The molecule has 1 aliphatic rings. The number of likely N-dealkylation sites (N-methyl/N-ethyl adjacent to an activating group) is 1. The van der Waals surface area contributed by atoms with Gasteiger partial charge in [0.1, 0.15) is 5.76 Å². The number of piperazine rings is 1. The minimum Gasteiger partial charge on any atom is -0.468 e. The third kappa shape index (κ3) is 6.04. The maximum Gasteiger partial charge on any atom is 0.409 e. The summed E-state index contributed by atoms with van der Waals surface area (Å²) in [5.41, 5.74) is 0. The van der Waals surface area contributed by atoms with Gasteiger partial charge >= 0.3 is 6.09 Å². The topological polar surface area (TPSA) is 73.5 Å². The van der Waals surface area contributed by atoms with Gasteiger partial charge in [0.25, 0.3) is 0 Å². The molecule has 1 saturated heterocycles. The highest BCUT2D eigenvalue weighted by Gasteiger charge is 2.24. The Morgan fingerprint density at radius 2 is 2.00 bits per heavy atom. The second kappa shape index (κ2) is 11.3. The number of rotatable bonds is 5. The molecule has 1 aromatic heterocycles. The minimum atomic E-state index is -0.240. The fraction of sp³-hybridized carbons (Fsp3) is 0.647. The van der Waals surface area contributed by atoms with E-state index in [1.165, 1.54) is 0 Å². The van der Waals surface area contributed by atoms with Crippen molar-refractivity contribution in [3.63, 3.8) is 0 Å². The van der Waals surface area contributed by atoms with Crippen LogP contribution in [0.4, 0.5) is 4.79 Å². The van der Waals surface area contributed by atoms with E-state index in [1.54, 1.807) is 18.2 Å². The number of carbonyl (C=O) groups excluding carboxylic acids is 1. The Labute approximate surface area is 172 Å². The van der Waals surface area contributed by atoms with Crippen molar-refractivity contribution in [3.8, 4) is 0 Å². The van der Waals surface area contributed by atoms with Crippen LogP contribution in [0.2, 0.25) is 0 Å². The lowest BCUT2D eigenvalue weighted by atomic mass is 10.2. The van der Waals surface area contributed by atoms with Gasteiger partial charge < -0.3 is 24.3 Å². The number of ether oxygens (including phenoxy) is 1. The summed E-state index contributed by atoms with van der Waals surface area (Å²) in [4.78, 5) is 22.2. The molecule has 1 aliphatic heterocycles. The van der Waals surface area contributed by atoms with E-state index in [1.807, 2.05) is 33.2 Å². The second-order valence-corrected chi connectivity index (χ2v) is 6.10. The second-order valence-electron chi connectivity index (χ2n) is 6.10. The van der Waals surface area contributed by atoms with Gasteiger partial charge in [-0.05, 0) is 33.2 Å². The number of carbonyl (C=O) groups is 1. The Balaban J connectivity index is 0.00000338. The number of furan rings is 1. The van der Waals surface area contributed by atoms with Crippen LogP contribution < -0.4 is 5.32 Å². The first-order valence-corrected chi connectivity index (χ1v) is 8.64. The number of halogens is 1. The zero-order valence-electron chi connectivity index (χ0n) is 16.0. The molecular weight excluding hydrogens is 449 g/mol. The molecule has 0 spiro atoms. The molecule has 1 atom stereocenters. The number of aliphatic imine (C=N–C) groups is 1. The van der Waals surface area contributed by atoms with E-state index in [0.29, 0.717) is 26.2 Å². The van der Waals surface area contributed by atoms with Gasteiger partial charge in [-0.25, -0.2) is 4.79 Å². The molecule has 0 aromatic carbocycles. The molecule has 2 heterocycles. The molecule has 0 radical (unpaired) electrons. The Bertz CT molecular complexity index is 557. The Morgan fingerprint density at radius 3 is 2.50 bits per heavy atom. The third-order valence-electron chi connectivity index (χ3n) is 4.27. The van der Waals surface area contributed by atoms with Crippen molar-refractivity contribution < 1.29 is 13.9 Å². The number of nitrogens with one attached hydrogen (secondary N) is 1. The van der Waals surface area contributed by atoms with Crippen LogP contribution in [0.15, 0.2) is 27.8 Å². The van der Waals surface area contributed by atoms with E-state index in [9.17, 15) is 4.79 Å². The standard InChI is InChI=1S/C17H29N5O3.HI/c1-5-24-17(23)22-10-8-21(9-11-22)16(18-2)19-13-14(20(3)4)15-7-6-12-25-15;/h6-7,12,14H,5,8-11,13H2,1-4H3,(H,18,19);1H. The summed E-state index contributed by atoms with van der Waals surface area (Å²) in [7, 11) is 5.82. The molecule has 0 saturated carbocycles. The summed E-state index contributed by atoms with van der Waals surface area (Å²) in [6, 6.07) is 4.00. The molecule has 1 fully saturated rings. The van der Waals surface area contributed by atoms with Crippen LogP contribution in [-0.2, 0) is 4.74 Å². The predicted octanol–water partition coefficient (Wildman–Crippen LogP) is 1.85. The quantitative estimate of drug-likeness (QED) is 0.395. The predicted molar refractivity (Wildman–Crippen MR) is 112 cm³/mol. The smallest absolute Gasteiger partial charge is 0.409 e. The molecule has 8 nitrogen and oxygen atoms in total. The summed E-state index contributed by atoms with van der Waals surface area (Å²) in [5, 5.41) is 3.42. The van der Waals surface area contributed by atoms with E-state index in [-0.39, 0.29) is 36.1 Å². The van der Waals surface area contributed by atoms with E-state index in [0.717, 1.165) is 24.8 Å². The number of nitrogens with zero attached hydrogens (tertiary/aromatic N) is 4. The number of guanidine groups is 1. The van der Waals surface area contributed by atoms with Crippen LogP contribution in [0.25, 0.3) is 0 Å². The third-order valence-corrected chi connectivity index (χ3v) is 4.27. The van der Waals surface area contributed by atoms with E-state index in [4.69, 9.17) is 9.15 Å².